The van der Waals surface area contributed by atoms with Gasteiger partial charge >= 0.3 is 5.97 Å². The van der Waals surface area contributed by atoms with Crippen LogP contribution in [0, 0.1) is 10.1 Å². The standard InChI is InChI=1S/C14H17Cl2NO4/c1-2-3-4-5-6-7-21-14(18)11-8-10(17(19)20)9-12(15)13(11)16/h8-9H,2-7H2,1H3. The summed E-state index contributed by atoms with van der Waals surface area (Å²) >= 11 is 11.7. The molecule has 0 N–H and O–H groups in total. The van der Waals surface area contributed by atoms with Crippen molar-refractivity contribution in [3.8, 4) is 0 Å². The van der Waals surface area contributed by atoms with Crippen LogP contribution in [0.2, 0.25) is 10.0 Å². The van der Waals surface area contributed by atoms with Gasteiger partial charge in [0, 0.05) is 12.1 Å². The highest BCUT2D eigenvalue weighted by atomic mass is 35.5. The van der Waals surface area contributed by atoms with Crippen LogP contribution in [-0.4, -0.2) is 17.5 Å². The van der Waals surface area contributed by atoms with E-state index < -0.39 is 10.9 Å². The number of rotatable bonds is 8. The number of nitro groups is 1. The highest BCUT2D eigenvalue weighted by molar-refractivity contribution is 6.43. The predicted octanol–water partition coefficient (Wildman–Crippen LogP) is 5.03. The number of hydrogen-bond acceptors (Lipinski definition) is 4. The van der Waals surface area contributed by atoms with Gasteiger partial charge in [-0.25, -0.2) is 4.79 Å². The largest absolute Gasteiger partial charge is 0.462 e. The van der Waals surface area contributed by atoms with E-state index in [1.807, 2.05) is 0 Å². The molecule has 0 bridgehead atoms. The lowest BCUT2D eigenvalue weighted by Gasteiger charge is -2.07. The Bertz CT molecular complexity index is 520. The lowest BCUT2D eigenvalue weighted by atomic mass is 10.1. The molecule has 0 saturated carbocycles. The summed E-state index contributed by atoms with van der Waals surface area (Å²) in [5.41, 5.74) is -0.372. The zero-order valence-corrected chi connectivity index (χ0v) is 13.2. The van der Waals surface area contributed by atoms with Crippen LogP contribution in [0.15, 0.2) is 12.1 Å². The number of nitrogens with zero attached hydrogens (tertiary/aromatic N) is 1. The van der Waals surface area contributed by atoms with E-state index in [2.05, 4.69) is 6.92 Å². The fourth-order valence-electron chi connectivity index (χ4n) is 1.78. The Kier molecular flexibility index (Phi) is 7.47. The first-order valence-corrected chi connectivity index (χ1v) is 7.53. The van der Waals surface area contributed by atoms with Crippen molar-refractivity contribution in [2.24, 2.45) is 0 Å². The second-order valence-corrected chi connectivity index (χ2v) is 5.38. The lowest BCUT2D eigenvalue weighted by molar-refractivity contribution is -0.384. The first-order valence-electron chi connectivity index (χ1n) is 6.78. The molecular weight excluding hydrogens is 317 g/mol. The molecule has 7 heteroatoms. The predicted molar refractivity (Wildman–Crippen MR) is 82.2 cm³/mol. The molecule has 0 aromatic heterocycles. The summed E-state index contributed by atoms with van der Waals surface area (Å²) in [6, 6.07) is 2.18. The van der Waals surface area contributed by atoms with E-state index in [4.69, 9.17) is 27.9 Å². The van der Waals surface area contributed by atoms with Crippen LogP contribution in [-0.2, 0) is 4.74 Å². The number of ether oxygens (including phenoxy) is 1. The number of non-ortho nitro benzene ring substituents is 1. The molecule has 0 saturated heterocycles. The van der Waals surface area contributed by atoms with Gasteiger partial charge in [0.05, 0.1) is 27.1 Å². The molecule has 0 spiro atoms. The minimum absolute atomic E-state index is 0.0294. The molecule has 0 amide bonds. The van der Waals surface area contributed by atoms with Crippen LogP contribution in [0.5, 0.6) is 0 Å². The van der Waals surface area contributed by atoms with Gasteiger partial charge in [-0.15, -0.1) is 0 Å². The Morgan fingerprint density at radius 1 is 1.24 bits per heavy atom. The summed E-state index contributed by atoms with van der Waals surface area (Å²) in [7, 11) is 0. The number of carbonyl (C=O) groups excluding carboxylic acids is 1. The molecule has 0 heterocycles. The van der Waals surface area contributed by atoms with Gasteiger partial charge in [-0.3, -0.25) is 10.1 Å². The number of benzene rings is 1. The van der Waals surface area contributed by atoms with Crippen LogP contribution in [0.4, 0.5) is 5.69 Å². The average Bonchev–Trinajstić information content (AvgIpc) is 2.44. The van der Waals surface area contributed by atoms with Crippen LogP contribution < -0.4 is 0 Å². The fourth-order valence-corrected chi connectivity index (χ4v) is 2.18. The van der Waals surface area contributed by atoms with Crippen molar-refractivity contribution in [1.29, 1.82) is 0 Å². The van der Waals surface area contributed by atoms with E-state index >= 15 is 0 Å². The third-order valence-electron chi connectivity index (χ3n) is 2.92. The molecule has 1 aromatic carbocycles. The average molecular weight is 334 g/mol. The summed E-state index contributed by atoms with van der Waals surface area (Å²) < 4.78 is 5.07. The fraction of sp³-hybridized carbons (Fsp3) is 0.500. The molecule has 0 unspecified atom stereocenters. The summed E-state index contributed by atoms with van der Waals surface area (Å²) in [5.74, 6) is -0.693. The molecule has 1 rings (SSSR count). The normalized spacial score (nSPS) is 10.4. The van der Waals surface area contributed by atoms with E-state index in [0.29, 0.717) is 0 Å². The summed E-state index contributed by atoms with van der Waals surface area (Å²) in [6.45, 7) is 2.38. The molecule has 0 atom stereocenters. The minimum Gasteiger partial charge on any atom is -0.462 e. The maximum absolute atomic E-state index is 11.9. The Morgan fingerprint density at radius 2 is 1.90 bits per heavy atom. The Labute approximate surface area is 133 Å². The highest BCUT2D eigenvalue weighted by Gasteiger charge is 2.20. The van der Waals surface area contributed by atoms with Crippen molar-refractivity contribution >= 4 is 34.9 Å². The number of unbranched alkanes of at least 4 members (excludes halogenated alkanes) is 4. The quantitative estimate of drug-likeness (QED) is 0.289. The summed E-state index contributed by atoms with van der Waals surface area (Å²) in [6.07, 6.45) is 5.12. The maximum atomic E-state index is 11.9. The van der Waals surface area contributed by atoms with Crippen molar-refractivity contribution in [2.75, 3.05) is 6.61 Å². The third-order valence-corrected chi connectivity index (χ3v) is 3.73. The van der Waals surface area contributed by atoms with E-state index in [0.717, 1.165) is 44.2 Å². The number of carbonyl (C=O) groups is 1. The smallest absolute Gasteiger partial charge is 0.339 e. The molecule has 21 heavy (non-hydrogen) atoms. The van der Waals surface area contributed by atoms with Gasteiger partial charge in [0.15, 0.2) is 0 Å². The van der Waals surface area contributed by atoms with E-state index in [-0.39, 0.29) is 27.9 Å². The van der Waals surface area contributed by atoms with Crippen LogP contribution in [0.25, 0.3) is 0 Å². The summed E-state index contributed by atoms with van der Waals surface area (Å²) in [4.78, 5) is 22.0. The van der Waals surface area contributed by atoms with Gasteiger partial charge in [-0.05, 0) is 6.42 Å². The summed E-state index contributed by atoms with van der Waals surface area (Å²) in [5, 5.41) is 10.7. The molecular formula is C14H17Cl2NO4. The van der Waals surface area contributed by atoms with E-state index in [9.17, 15) is 14.9 Å². The van der Waals surface area contributed by atoms with E-state index in [1.165, 1.54) is 0 Å². The highest BCUT2D eigenvalue weighted by Crippen LogP contribution is 2.31. The van der Waals surface area contributed by atoms with Crippen molar-refractivity contribution < 1.29 is 14.5 Å². The number of halogens is 2. The van der Waals surface area contributed by atoms with Gasteiger partial charge in [0.1, 0.15) is 0 Å². The van der Waals surface area contributed by atoms with Crippen LogP contribution in [0.3, 0.4) is 0 Å². The second-order valence-electron chi connectivity index (χ2n) is 4.60. The Balaban J connectivity index is 2.63. The number of hydrogen-bond donors (Lipinski definition) is 0. The Hall–Kier alpha value is -1.33. The van der Waals surface area contributed by atoms with Gasteiger partial charge in [-0.2, -0.15) is 0 Å². The molecule has 116 valence electrons. The minimum atomic E-state index is -0.693. The molecule has 0 aliphatic rings. The maximum Gasteiger partial charge on any atom is 0.339 e. The van der Waals surface area contributed by atoms with Crippen molar-refractivity contribution in [2.45, 2.75) is 39.0 Å². The van der Waals surface area contributed by atoms with Gasteiger partial charge in [0.25, 0.3) is 5.69 Å². The van der Waals surface area contributed by atoms with E-state index in [1.54, 1.807) is 0 Å². The molecule has 1 aromatic rings. The van der Waals surface area contributed by atoms with Crippen molar-refractivity contribution in [3.05, 3.63) is 37.9 Å². The lowest BCUT2D eigenvalue weighted by Crippen LogP contribution is -2.08. The van der Waals surface area contributed by atoms with Gasteiger partial charge < -0.3 is 4.74 Å². The van der Waals surface area contributed by atoms with Crippen LogP contribution in [0.1, 0.15) is 49.4 Å². The second kappa shape index (κ2) is 8.85. The topological polar surface area (TPSA) is 69.4 Å². The first kappa shape index (κ1) is 17.7. The van der Waals surface area contributed by atoms with Crippen molar-refractivity contribution in [1.82, 2.24) is 0 Å². The number of esters is 1. The van der Waals surface area contributed by atoms with Gasteiger partial charge in [-0.1, -0.05) is 55.8 Å². The van der Waals surface area contributed by atoms with Crippen LogP contribution >= 0.6 is 23.2 Å². The molecule has 5 nitrogen and oxygen atoms in total. The number of nitro benzene ring substituents is 1. The molecule has 0 radical (unpaired) electrons. The first-order chi connectivity index (χ1) is 9.97. The molecule has 0 aliphatic carbocycles. The SMILES string of the molecule is CCCCCCCOC(=O)c1cc([N+](=O)[O-])cc(Cl)c1Cl. The third kappa shape index (κ3) is 5.52. The Morgan fingerprint density at radius 3 is 2.52 bits per heavy atom. The van der Waals surface area contributed by atoms with Crippen molar-refractivity contribution in [3.63, 3.8) is 0 Å². The molecule has 0 aliphatic heterocycles. The zero-order valence-electron chi connectivity index (χ0n) is 11.7. The van der Waals surface area contributed by atoms with Gasteiger partial charge in [0.2, 0.25) is 0 Å². The zero-order chi connectivity index (χ0) is 15.8. The molecule has 0 fully saturated rings. The monoisotopic (exact) mass is 333 g/mol.